The monoisotopic (exact) mass is 376 g/mol. The van der Waals surface area contributed by atoms with Gasteiger partial charge in [0.25, 0.3) is 11.8 Å². The Bertz CT molecular complexity index is 827. The Morgan fingerprint density at radius 3 is 2.31 bits per heavy atom. The largest absolute Gasteiger partial charge is 0.497 e. The number of alkyl carbamates (subject to hydrolysis) is 1. The van der Waals surface area contributed by atoms with Gasteiger partial charge in [0.1, 0.15) is 10.8 Å². The Balaban J connectivity index is 2.23. The molecule has 0 aliphatic heterocycles. The van der Waals surface area contributed by atoms with Gasteiger partial charge >= 0.3 is 6.09 Å². The van der Waals surface area contributed by atoms with E-state index in [1.165, 1.54) is 11.3 Å². The van der Waals surface area contributed by atoms with Crippen molar-refractivity contribution >= 4 is 34.2 Å². The summed E-state index contributed by atoms with van der Waals surface area (Å²) in [5.74, 6) is -0.340. The number of aryl methyl sites for hydroxylation is 1. The zero-order valence-electron chi connectivity index (χ0n) is 15.0. The van der Waals surface area contributed by atoms with Crippen molar-refractivity contribution in [2.24, 2.45) is 0 Å². The summed E-state index contributed by atoms with van der Waals surface area (Å²) in [6.45, 7) is 5.39. The highest BCUT2D eigenvalue weighted by Gasteiger charge is 2.23. The van der Waals surface area contributed by atoms with Crippen molar-refractivity contribution in [3.8, 4) is 5.75 Å². The van der Waals surface area contributed by atoms with Crippen molar-refractivity contribution in [1.82, 2.24) is 5.32 Å². The number of amides is 3. The zero-order valence-corrected chi connectivity index (χ0v) is 15.8. The van der Waals surface area contributed by atoms with Gasteiger partial charge in [0, 0.05) is 10.4 Å². The van der Waals surface area contributed by atoms with Crippen molar-refractivity contribution in [2.75, 3.05) is 19.0 Å². The van der Waals surface area contributed by atoms with Crippen LogP contribution in [0.5, 0.6) is 5.75 Å². The second-order valence-corrected chi connectivity index (χ2v) is 6.57. The lowest BCUT2D eigenvalue weighted by molar-refractivity contribution is 0.0925. The van der Waals surface area contributed by atoms with Crippen LogP contribution in [0.3, 0.4) is 0 Å². The first-order valence-corrected chi connectivity index (χ1v) is 8.72. The standard InChI is InChI=1S/C18H20N2O5S/c1-5-25-18(23)20-16(22)14-10(2)11(3)26-17(14)19-15(21)12-6-8-13(24-4)9-7-12/h6-9H,5H2,1-4H3,(H,19,21)(H,20,22,23). The number of rotatable bonds is 5. The van der Waals surface area contributed by atoms with E-state index in [4.69, 9.17) is 9.47 Å². The molecule has 0 saturated heterocycles. The summed E-state index contributed by atoms with van der Waals surface area (Å²) < 4.78 is 9.79. The lowest BCUT2D eigenvalue weighted by Crippen LogP contribution is -2.31. The van der Waals surface area contributed by atoms with Crippen LogP contribution in [-0.4, -0.2) is 31.6 Å². The van der Waals surface area contributed by atoms with Gasteiger partial charge in [-0.15, -0.1) is 11.3 Å². The summed E-state index contributed by atoms with van der Waals surface area (Å²) in [4.78, 5) is 37.3. The van der Waals surface area contributed by atoms with Gasteiger partial charge < -0.3 is 14.8 Å². The molecule has 0 aliphatic rings. The van der Waals surface area contributed by atoms with E-state index < -0.39 is 12.0 Å². The van der Waals surface area contributed by atoms with E-state index in [0.29, 0.717) is 21.9 Å². The van der Waals surface area contributed by atoms with Crippen molar-refractivity contribution in [3.63, 3.8) is 0 Å². The van der Waals surface area contributed by atoms with Crippen LogP contribution in [0.25, 0.3) is 0 Å². The van der Waals surface area contributed by atoms with E-state index in [2.05, 4.69) is 10.6 Å². The molecular formula is C18H20N2O5S. The number of carbonyl (C=O) groups excluding carboxylic acids is 3. The number of carbonyl (C=O) groups is 3. The van der Waals surface area contributed by atoms with Gasteiger partial charge in [-0.1, -0.05) is 0 Å². The molecule has 138 valence electrons. The minimum atomic E-state index is -0.826. The third kappa shape index (κ3) is 4.40. The van der Waals surface area contributed by atoms with Crippen LogP contribution in [0.2, 0.25) is 0 Å². The summed E-state index contributed by atoms with van der Waals surface area (Å²) in [7, 11) is 1.54. The number of methoxy groups -OCH3 is 1. The van der Waals surface area contributed by atoms with Crippen LogP contribution >= 0.6 is 11.3 Å². The number of nitrogens with one attached hydrogen (secondary N) is 2. The summed E-state index contributed by atoms with van der Waals surface area (Å²) in [6.07, 6.45) is -0.826. The first-order valence-electron chi connectivity index (χ1n) is 7.90. The lowest BCUT2D eigenvalue weighted by Gasteiger charge is -2.08. The SMILES string of the molecule is CCOC(=O)NC(=O)c1c(NC(=O)c2ccc(OC)cc2)sc(C)c1C. The maximum atomic E-state index is 12.5. The summed E-state index contributed by atoms with van der Waals surface area (Å²) in [6, 6.07) is 6.60. The fraction of sp³-hybridized carbons (Fsp3) is 0.278. The molecular weight excluding hydrogens is 356 g/mol. The van der Waals surface area contributed by atoms with E-state index in [0.717, 1.165) is 4.88 Å². The zero-order chi connectivity index (χ0) is 19.3. The van der Waals surface area contributed by atoms with E-state index in [9.17, 15) is 14.4 Å². The maximum absolute atomic E-state index is 12.5. The number of anilines is 1. The molecule has 8 heteroatoms. The maximum Gasteiger partial charge on any atom is 0.414 e. The molecule has 2 aromatic rings. The Hall–Kier alpha value is -2.87. The topological polar surface area (TPSA) is 93.7 Å². The molecule has 1 aromatic heterocycles. The quantitative estimate of drug-likeness (QED) is 0.833. The van der Waals surface area contributed by atoms with Gasteiger partial charge in [-0.25, -0.2) is 4.79 Å². The number of benzene rings is 1. The minimum absolute atomic E-state index is 0.155. The summed E-state index contributed by atoms with van der Waals surface area (Å²) in [5, 5.41) is 5.27. The van der Waals surface area contributed by atoms with Crippen LogP contribution in [0.15, 0.2) is 24.3 Å². The second kappa shape index (κ2) is 8.48. The van der Waals surface area contributed by atoms with Gasteiger partial charge in [0.15, 0.2) is 0 Å². The highest BCUT2D eigenvalue weighted by Crippen LogP contribution is 2.32. The number of ether oxygens (including phenoxy) is 2. The van der Waals surface area contributed by atoms with Gasteiger partial charge in [0.05, 0.1) is 19.3 Å². The Morgan fingerprint density at radius 2 is 1.73 bits per heavy atom. The van der Waals surface area contributed by atoms with Gasteiger partial charge in [-0.05, 0) is 50.6 Å². The van der Waals surface area contributed by atoms with Crippen molar-refractivity contribution < 1.29 is 23.9 Å². The Morgan fingerprint density at radius 1 is 1.08 bits per heavy atom. The molecule has 1 heterocycles. The van der Waals surface area contributed by atoms with Crippen LogP contribution in [0.4, 0.5) is 9.80 Å². The minimum Gasteiger partial charge on any atom is -0.497 e. The number of hydrogen-bond donors (Lipinski definition) is 2. The molecule has 26 heavy (non-hydrogen) atoms. The van der Waals surface area contributed by atoms with E-state index in [1.807, 2.05) is 6.92 Å². The molecule has 0 aliphatic carbocycles. The highest BCUT2D eigenvalue weighted by atomic mass is 32.1. The number of thiophene rings is 1. The molecule has 2 N–H and O–H groups in total. The molecule has 2 rings (SSSR count). The highest BCUT2D eigenvalue weighted by molar-refractivity contribution is 7.16. The molecule has 0 fully saturated rings. The number of imide groups is 1. The normalized spacial score (nSPS) is 10.2. The van der Waals surface area contributed by atoms with Crippen LogP contribution in [0, 0.1) is 13.8 Å². The first-order chi connectivity index (χ1) is 12.4. The summed E-state index contributed by atoms with van der Waals surface area (Å²) >= 11 is 1.27. The smallest absolute Gasteiger partial charge is 0.414 e. The fourth-order valence-electron chi connectivity index (χ4n) is 2.23. The van der Waals surface area contributed by atoms with Crippen molar-refractivity contribution in [2.45, 2.75) is 20.8 Å². The third-order valence-corrected chi connectivity index (χ3v) is 4.81. The van der Waals surface area contributed by atoms with Crippen molar-refractivity contribution in [1.29, 1.82) is 0 Å². The average Bonchev–Trinajstić information content (AvgIpc) is 2.88. The van der Waals surface area contributed by atoms with Crippen LogP contribution in [0.1, 0.15) is 38.1 Å². The number of hydrogen-bond acceptors (Lipinski definition) is 6. The Labute approximate surface area is 155 Å². The van der Waals surface area contributed by atoms with E-state index >= 15 is 0 Å². The van der Waals surface area contributed by atoms with Crippen molar-refractivity contribution in [3.05, 3.63) is 45.8 Å². The second-order valence-electron chi connectivity index (χ2n) is 5.34. The Kier molecular flexibility index (Phi) is 6.35. The molecule has 7 nitrogen and oxygen atoms in total. The van der Waals surface area contributed by atoms with Gasteiger partial charge in [0.2, 0.25) is 0 Å². The first kappa shape index (κ1) is 19.5. The van der Waals surface area contributed by atoms with E-state index in [-0.39, 0.29) is 18.1 Å². The predicted octanol–water partition coefficient (Wildman–Crippen LogP) is 3.51. The van der Waals surface area contributed by atoms with Gasteiger partial charge in [-0.3, -0.25) is 14.9 Å². The third-order valence-electron chi connectivity index (χ3n) is 3.68. The summed E-state index contributed by atoms with van der Waals surface area (Å²) in [5.41, 5.74) is 1.37. The van der Waals surface area contributed by atoms with Gasteiger partial charge in [-0.2, -0.15) is 0 Å². The molecule has 0 atom stereocenters. The molecule has 0 spiro atoms. The van der Waals surface area contributed by atoms with Crippen LogP contribution < -0.4 is 15.4 Å². The molecule has 0 unspecified atom stereocenters. The molecule has 0 bridgehead atoms. The predicted molar refractivity (Wildman–Crippen MR) is 99.2 cm³/mol. The fourth-order valence-corrected chi connectivity index (χ4v) is 3.28. The molecule has 0 saturated carbocycles. The molecule has 0 radical (unpaired) electrons. The lowest BCUT2D eigenvalue weighted by atomic mass is 10.1. The van der Waals surface area contributed by atoms with E-state index in [1.54, 1.807) is 45.2 Å². The van der Waals surface area contributed by atoms with Crippen LogP contribution in [-0.2, 0) is 4.74 Å². The molecule has 1 aromatic carbocycles. The molecule has 3 amide bonds. The average molecular weight is 376 g/mol.